The second-order valence-corrected chi connectivity index (χ2v) is 8.87. The Morgan fingerprint density at radius 3 is 2.12 bits per heavy atom. The van der Waals surface area contributed by atoms with Gasteiger partial charge < -0.3 is 5.11 Å². The van der Waals surface area contributed by atoms with Crippen molar-refractivity contribution < 1.29 is 18.3 Å². The number of piperidine rings is 1. The molecule has 0 aliphatic carbocycles. The molecule has 1 N–H and O–H groups in total. The summed E-state index contributed by atoms with van der Waals surface area (Å²) in [6.45, 7) is 2.29. The van der Waals surface area contributed by atoms with Gasteiger partial charge in [0.25, 0.3) is 10.2 Å². The zero-order valence-electron chi connectivity index (χ0n) is 14.4. The first-order valence-corrected chi connectivity index (χ1v) is 10.5. The third-order valence-corrected chi connectivity index (χ3v) is 7.23. The Bertz CT molecular complexity index is 694. The molecule has 6 nitrogen and oxygen atoms in total. The summed E-state index contributed by atoms with van der Waals surface area (Å²) in [5, 5.41) is 9.01. The van der Waals surface area contributed by atoms with Gasteiger partial charge >= 0.3 is 5.97 Å². The highest BCUT2D eigenvalue weighted by atomic mass is 32.2. The number of carbonyl (C=O) groups is 1. The minimum absolute atomic E-state index is 0.123. The first-order valence-electron chi connectivity index (χ1n) is 9.07. The first kappa shape index (κ1) is 18.4. The molecule has 7 heteroatoms. The molecule has 0 radical (unpaired) electrons. The fraction of sp³-hybridized carbons (Fsp3) is 0.611. The van der Waals surface area contributed by atoms with Crippen molar-refractivity contribution >= 4 is 16.2 Å². The average Bonchev–Trinajstić information content (AvgIpc) is 2.92. The van der Waals surface area contributed by atoms with Gasteiger partial charge in [0.15, 0.2) is 0 Å². The maximum atomic E-state index is 13.0. The van der Waals surface area contributed by atoms with Crippen molar-refractivity contribution in [3.63, 3.8) is 0 Å². The Hall–Kier alpha value is -1.44. The number of hydrogen-bond donors (Lipinski definition) is 1. The van der Waals surface area contributed by atoms with Crippen LogP contribution in [0.3, 0.4) is 0 Å². The number of rotatable bonds is 4. The SMILES string of the molecule is O=C(O)c1ccc([C@H]2CCCN(S(=O)(=O)N3CCCCCC3)C2)cc1. The van der Waals surface area contributed by atoms with E-state index in [4.69, 9.17) is 5.11 Å². The molecule has 2 fully saturated rings. The molecule has 1 aromatic rings. The lowest BCUT2D eigenvalue weighted by atomic mass is 9.91. The van der Waals surface area contributed by atoms with Gasteiger partial charge in [-0.25, -0.2) is 4.79 Å². The number of hydrogen-bond acceptors (Lipinski definition) is 3. The monoisotopic (exact) mass is 366 g/mol. The summed E-state index contributed by atoms with van der Waals surface area (Å²) in [5.41, 5.74) is 1.27. The molecule has 0 amide bonds. The minimum Gasteiger partial charge on any atom is -0.478 e. The normalized spacial score (nSPS) is 23.9. The van der Waals surface area contributed by atoms with E-state index in [1.807, 2.05) is 12.1 Å². The summed E-state index contributed by atoms with van der Waals surface area (Å²) < 4.78 is 29.2. The molecular weight excluding hydrogens is 340 g/mol. The zero-order chi connectivity index (χ0) is 17.9. The second-order valence-electron chi connectivity index (χ2n) is 6.95. The smallest absolute Gasteiger partial charge is 0.335 e. The first-order chi connectivity index (χ1) is 12.0. The van der Waals surface area contributed by atoms with Crippen LogP contribution in [0.5, 0.6) is 0 Å². The molecule has 0 unspecified atom stereocenters. The van der Waals surface area contributed by atoms with Crippen molar-refractivity contribution in [1.82, 2.24) is 8.61 Å². The Labute approximate surface area is 149 Å². The van der Waals surface area contributed by atoms with Crippen LogP contribution < -0.4 is 0 Å². The number of nitrogens with zero attached hydrogens (tertiary/aromatic N) is 2. The van der Waals surface area contributed by atoms with Crippen molar-refractivity contribution in [2.75, 3.05) is 26.2 Å². The predicted molar refractivity (Wildman–Crippen MR) is 95.9 cm³/mol. The van der Waals surface area contributed by atoms with Crippen LogP contribution in [0.1, 0.15) is 60.4 Å². The fourth-order valence-corrected chi connectivity index (χ4v) is 5.53. The van der Waals surface area contributed by atoms with Crippen LogP contribution in [0.4, 0.5) is 0 Å². The predicted octanol–water partition coefficient (Wildman–Crippen LogP) is 2.69. The number of carboxylic acid groups (broad SMARTS) is 1. The van der Waals surface area contributed by atoms with Gasteiger partial charge in [0.2, 0.25) is 0 Å². The van der Waals surface area contributed by atoms with E-state index in [1.54, 1.807) is 20.7 Å². The van der Waals surface area contributed by atoms with E-state index in [0.29, 0.717) is 26.2 Å². The van der Waals surface area contributed by atoms with Gasteiger partial charge in [-0.15, -0.1) is 0 Å². The van der Waals surface area contributed by atoms with Gasteiger partial charge in [0.05, 0.1) is 5.56 Å². The van der Waals surface area contributed by atoms with Gasteiger partial charge in [-0.2, -0.15) is 17.0 Å². The largest absolute Gasteiger partial charge is 0.478 e. The lowest BCUT2D eigenvalue weighted by Gasteiger charge is -2.35. The molecule has 2 aliphatic rings. The van der Waals surface area contributed by atoms with E-state index in [-0.39, 0.29) is 11.5 Å². The Balaban J connectivity index is 1.72. The van der Waals surface area contributed by atoms with E-state index in [1.165, 1.54) is 0 Å². The molecule has 0 bridgehead atoms. The molecule has 1 aromatic carbocycles. The van der Waals surface area contributed by atoms with Gasteiger partial charge in [0.1, 0.15) is 0 Å². The van der Waals surface area contributed by atoms with E-state index >= 15 is 0 Å². The summed E-state index contributed by atoms with van der Waals surface area (Å²) >= 11 is 0. The van der Waals surface area contributed by atoms with Gasteiger partial charge in [-0.1, -0.05) is 25.0 Å². The number of aromatic carboxylic acids is 1. The maximum Gasteiger partial charge on any atom is 0.335 e. The quantitative estimate of drug-likeness (QED) is 0.889. The van der Waals surface area contributed by atoms with E-state index in [9.17, 15) is 13.2 Å². The third kappa shape index (κ3) is 4.22. The Morgan fingerprint density at radius 1 is 0.920 bits per heavy atom. The molecule has 2 aliphatic heterocycles. The molecule has 2 heterocycles. The van der Waals surface area contributed by atoms with Crippen LogP contribution >= 0.6 is 0 Å². The summed E-state index contributed by atoms with van der Waals surface area (Å²) in [5.74, 6) is -0.820. The zero-order valence-corrected chi connectivity index (χ0v) is 15.2. The highest BCUT2D eigenvalue weighted by Crippen LogP contribution is 2.30. The van der Waals surface area contributed by atoms with Crippen molar-refractivity contribution in [2.45, 2.75) is 44.4 Å². The van der Waals surface area contributed by atoms with Crippen molar-refractivity contribution in [3.05, 3.63) is 35.4 Å². The molecule has 0 spiro atoms. The average molecular weight is 366 g/mol. The summed E-state index contributed by atoms with van der Waals surface area (Å²) in [6.07, 6.45) is 5.84. The molecule has 1 atom stereocenters. The highest BCUT2D eigenvalue weighted by molar-refractivity contribution is 7.86. The van der Waals surface area contributed by atoms with E-state index < -0.39 is 16.2 Å². The highest BCUT2D eigenvalue weighted by Gasteiger charge is 2.34. The topological polar surface area (TPSA) is 77.9 Å². The number of carboxylic acids is 1. The Kier molecular flexibility index (Phi) is 5.76. The third-order valence-electron chi connectivity index (χ3n) is 5.23. The summed E-state index contributed by atoms with van der Waals surface area (Å²) in [6, 6.07) is 6.83. The van der Waals surface area contributed by atoms with Crippen LogP contribution in [0.2, 0.25) is 0 Å². The van der Waals surface area contributed by atoms with Crippen LogP contribution in [-0.2, 0) is 10.2 Å². The summed E-state index contributed by atoms with van der Waals surface area (Å²) in [7, 11) is -3.40. The van der Waals surface area contributed by atoms with E-state index in [2.05, 4.69) is 0 Å². The molecule has 138 valence electrons. The van der Waals surface area contributed by atoms with Crippen molar-refractivity contribution in [1.29, 1.82) is 0 Å². The van der Waals surface area contributed by atoms with E-state index in [0.717, 1.165) is 44.1 Å². The molecule has 3 rings (SSSR count). The summed E-state index contributed by atoms with van der Waals surface area (Å²) in [4.78, 5) is 11.0. The van der Waals surface area contributed by atoms with Crippen LogP contribution in [0.15, 0.2) is 24.3 Å². The van der Waals surface area contributed by atoms with Crippen LogP contribution in [-0.4, -0.2) is 54.3 Å². The Morgan fingerprint density at radius 2 is 1.52 bits per heavy atom. The van der Waals surface area contributed by atoms with Gasteiger partial charge in [0, 0.05) is 26.2 Å². The van der Waals surface area contributed by atoms with Crippen molar-refractivity contribution in [3.8, 4) is 0 Å². The number of benzene rings is 1. The van der Waals surface area contributed by atoms with Gasteiger partial charge in [-0.05, 0) is 49.3 Å². The fourth-order valence-electron chi connectivity index (χ4n) is 3.76. The minimum atomic E-state index is -3.40. The van der Waals surface area contributed by atoms with Crippen LogP contribution in [0.25, 0.3) is 0 Å². The lowest BCUT2D eigenvalue weighted by Crippen LogP contribution is -2.47. The molecule has 0 aromatic heterocycles. The van der Waals surface area contributed by atoms with Gasteiger partial charge in [-0.3, -0.25) is 0 Å². The second kappa shape index (κ2) is 7.85. The lowest BCUT2D eigenvalue weighted by molar-refractivity contribution is 0.0697. The maximum absolute atomic E-state index is 13.0. The molecule has 0 saturated carbocycles. The van der Waals surface area contributed by atoms with Crippen LogP contribution in [0, 0.1) is 0 Å². The molecule has 2 saturated heterocycles. The molecular formula is C18H26N2O4S. The van der Waals surface area contributed by atoms with Crippen molar-refractivity contribution in [2.24, 2.45) is 0 Å². The standard InChI is InChI=1S/C18H26N2O4S/c21-18(22)16-9-7-15(8-10-16)17-6-5-13-20(14-17)25(23,24)19-11-3-1-2-4-12-19/h7-10,17H,1-6,11-14H2,(H,21,22)/t17-/m0/s1. The molecule has 25 heavy (non-hydrogen) atoms.